The van der Waals surface area contributed by atoms with E-state index < -0.39 is 0 Å². The van der Waals surface area contributed by atoms with E-state index >= 15 is 0 Å². The molecule has 3 heteroatoms. The molecule has 0 aliphatic heterocycles. The Morgan fingerprint density at radius 2 is 1.59 bits per heavy atom. The van der Waals surface area contributed by atoms with Crippen LogP contribution in [0.1, 0.15) is 62.7 Å². The minimum Gasteiger partial charge on any atom is -0.462 e. The number of hydrogen-bond donors (Lipinski definition) is 0. The van der Waals surface area contributed by atoms with Gasteiger partial charge >= 0.3 is 5.97 Å². The third-order valence-corrected chi connectivity index (χ3v) is 3.78. The van der Waals surface area contributed by atoms with Crippen molar-refractivity contribution in [3.8, 4) is 0 Å². The lowest BCUT2D eigenvalue weighted by atomic mass is 10.0. The molecule has 0 unspecified atom stereocenters. The second-order valence-corrected chi connectivity index (χ2v) is 6.53. The molecule has 0 radical (unpaired) electrons. The summed E-state index contributed by atoms with van der Waals surface area (Å²) in [6, 6.07) is 7.52. The molecule has 124 valence electrons. The van der Waals surface area contributed by atoms with Gasteiger partial charge in [-0.25, -0.2) is 4.79 Å². The lowest BCUT2D eigenvalue weighted by Crippen LogP contribution is -2.10. The Labute approximate surface area is 135 Å². The van der Waals surface area contributed by atoms with Crippen LogP contribution in [-0.2, 0) is 4.74 Å². The molecule has 0 aliphatic rings. The van der Waals surface area contributed by atoms with Gasteiger partial charge in [-0.2, -0.15) is 0 Å². The molecule has 0 spiro atoms. The van der Waals surface area contributed by atoms with Crippen LogP contribution < -0.4 is 4.90 Å². The lowest BCUT2D eigenvalue weighted by molar-refractivity contribution is 0.0497. The molecule has 3 nitrogen and oxygen atoms in total. The summed E-state index contributed by atoms with van der Waals surface area (Å²) < 4.78 is 5.32. The molecule has 0 heterocycles. The molecule has 1 aromatic rings. The Balaban J connectivity index is 2.13. The summed E-state index contributed by atoms with van der Waals surface area (Å²) in [7, 11) is 3.96. The van der Waals surface area contributed by atoms with Crippen molar-refractivity contribution in [3.05, 3.63) is 29.8 Å². The average molecular weight is 305 g/mol. The molecule has 0 saturated carbocycles. The maximum atomic E-state index is 11.9. The standard InChI is InChI=1S/C19H31NO2/c1-16(2)10-8-6-5-7-9-15-22-19(21)17-11-13-18(14-12-17)20(3)4/h11-14,16H,5-10,15H2,1-4H3. The van der Waals surface area contributed by atoms with E-state index in [0.29, 0.717) is 12.2 Å². The highest BCUT2D eigenvalue weighted by Gasteiger charge is 2.07. The van der Waals surface area contributed by atoms with E-state index in [1.807, 2.05) is 43.3 Å². The Morgan fingerprint density at radius 1 is 1.00 bits per heavy atom. The molecule has 0 amide bonds. The van der Waals surface area contributed by atoms with Crippen LogP contribution in [0.3, 0.4) is 0 Å². The van der Waals surface area contributed by atoms with Gasteiger partial charge < -0.3 is 9.64 Å². The monoisotopic (exact) mass is 305 g/mol. The molecule has 0 saturated heterocycles. The number of carbonyl (C=O) groups is 1. The van der Waals surface area contributed by atoms with Crippen LogP contribution in [-0.4, -0.2) is 26.7 Å². The smallest absolute Gasteiger partial charge is 0.338 e. The number of anilines is 1. The highest BCUT2D eigenvalue weighted by molar-refractivity contribution is 5.89. The number of esters is 1. The van der Waals surface area contributed by atoms with Gasteiger partial charge in [-0.3, -0.25) is 0 Å². The van der Waals surface area contributed by atoms with E-state index in [9.17, 15) is 4.79 Å². The van der Waals surface area contributed by atoms with E-state index in [4.69, 9.17) is 4.74 Å². The van der Waals surface area contributed by atoms with Gasteiger partial charge in [-0.15, -0.1) is 0 Å². The highest BCUT2D eigenvalue weighted by atomic mass is 16.5. The van der Waals surface area contributed by atoms with Gasteiger partial charge in [-0.1, -0.05) is 46.0 Å². The zero-order valence-electron chi connectivity index (χ0n) is 14.6. The molecule has 0 N–H and O–H groups in total. The summed E-state index contributed by atoms with van der Waals surface area (Å²) in [5.41, 5.74) is 1.71. The first kappa shape index (κ1) is 18.5. The van der Waals surface area contributed by atoms with Crippen LogP contribution >= 0.6 is 0 Å². The number of ether oxygens (including phenoxy) is 1. The first-order valence-corrected chi connectivity index (χ1v) is 8.45. The number of carbonyl (C=O) groups excluding carboxylic acids is 1. The van der Waals surface area contributed by atoms with E-state index in [1.165, 1.54) is 25.7 Å². The molecule has 1 aromatic carbocycles. The fraction of sp³-hybridized carbons (Fsp3) is 0.632. The average Bonchev–Trinajstić information content (AvgIpc) is 2.49. The molecular weight excluding hydrogens is 274 g/mol. The number of nitrogens with zero attached hydrogens (tertiary/aromatic N) is 1. The minimum atomic E-state index is -0.217. The fourth-order valence-electron chi connectivity index (χ4n) is 2.33. The van der Waals surface area contributed by atoms with Gasteiger partial charge in [0.15, 0.2) is 0 Å². The Morgan fingerprint density at radius 3 is 2.18 bits per heavy atom. The van der Waals surface area contributed by atoms with E-state index in [0.717, 1.165) is 24.4 Å². The summed E-state index contributed by atoms with van der Waals surface area (Å²) in [5, 5.41) is 0. The van der Waals surface area contributed by atoms with E-state index in [2.05, 4.69) is 13.8 Å². The van der Waals surface area contributed by atoms with Crippen molar-refractivity contribution in [3.63, 3.8) is 0 Å². The van der Waals surface area contributed by atoms with Crippen molar-refractivity contribution < 1.29 is 9.53 Å². The SMILES string of the molecule is CC(C)CCCCCCCOC(=O)c1ccc(N(C)C)cc1. The molecular formula is C19H31NO2. The Bertz CT molecular complexity index is 424. The van der Waals surface area contributed by atoms with Crippen LogP contribution in [0.15, 0.2) is 24.3 Å². The van der Waals surface area contributed by atoms with Crippen LogP contribution in [0, 0.1) is 5.92 Å². The normalized spacial score (nSPS) is 10.8. The van der Waals surface area contributed by atoms with Crippen LogP contribution in [0.25, 0.3) is 0 Å². The van der Waals surface area contributed by atoms with Crippen molar-refractivity contribution in [2.45, 2.75) is 52.4 Å². The molecule has 0 atom stereocenters. The minimum absolute atomic E-state index is 0.217. The number of unbranched alkanes of at least 4 members (excludes halogenated alkanes) is 4. The lowest BCUT2D eigenvalue weighted by Gasteiger charge is -2.12. The fourth-order valence-corrected chi connectivity index (χ4v) is 2.33. The second-order valence-electron chi connectivity index (χ2n) is 6.53. The zero-order valence-corrected chi connectivity index (χ0v) is 14.6. The van der Waals surface area contributed by atoms with Gasteiger partial charge in [0.2, 0.25) is 0 Å². The van der Waals surface area contributed by atoms with Gasteiger partial charge in [0.25, 0.3) is 0 Å². The molecule has 0 aliphatic carbocycles. The van der Waals surface area contributed by atoms with Crippen molar-refractivity contribution in [1.82, 2.24) is 0 Å². The Hall–Kier alpha value is -1.51. The quantitative estimate of drug-likeness (QED) is 0.454. The molecule has 0 aromatic heterocycles. The number of hydrogen-bond acceptors (Lipinski definition) is 3. The molecule has 22 heavy (non-hydrogen) atoms. The third-order valence-electron chi connectivity index (χ3n) is 3.78. The second kappa shape index (κ2) is 10.3. The van der Waals surface area contributed by atoms with E-state index in [-0.39, 0.29) is 5.97 Å². The van der Waals surface area contributed by atoms with Crippen LogP contribution in [0.4, 0.5) is 5.69 Å². The van der Waals surface area contributed by atoms with E-state index in [1.54, 1.807) is 0 Å². The van der Waals surface area contributed by atoms with Crippen molar-refractivity contribution in [2.75, 3.05) is 25.6 Å². The predicted octanol–water partition coefficient (Wildman–Crippen LogP) is 4.91. The summed E-state index contributed by atoms with van der Waals surface area (Å²) in [5.74, 6) is 0.588. The molecule has 0 bridgehead atoms. The maximum Gasteiger partial charge on any atom is 0.338 e. The summed E-state index contributed by atoms with van der Waals surface area (Å²) in [6.07, 6.45) is 7.27. The summed E-state index contributed by atoms with van der Waals surface area (Å²) in [4.78, 5) is 13.9. The predicted molar refractivity (Wildman–Crippen MR) is 93.6 cm³/mol. The van der Waals surface area contributed by atoms with Crippen molar-refractivity contribution in [2.24, 2.45) is 5.92 Å². The third kappa shape index (κ3) is 7.48. The van der Waals surface area contributed by atoms with Gasteiger partial charge in [0, 0.05) is 19.8 Å². The Kier molecular flexibility index (Phi) is 8.64. The summed E-state index contributed by atoms with van der Waals surface area (Å²) >= 11 is 0. The zero-order chi connectivity index (χ0) is 16.4. The largest absolute Gasteiger partial charge is 0.462 e. The van der Waals surface area contributed by atoms with Crippen LogP contribution in [0.5, 0.6) is 0 Å². The summed E-state index contributed by atoms with van der Waals surface area (Å²) in [6.45, 7) is 5.06. The maximum absolute atomic E-state index is 11.9. The molecule has 0 fully saturated rings. The van der Waals surface area contributed by atoms with Gasteiger partial charge in [0.1, 0.15) is 0 Å². The number of benzene rings is 1. The number of rotatable bonds is 10. The topological polar surface area (TPSA) is 29.5 Å². The van der Waals surface area contributed by atoms with Crippen molar-refractivity contribution in [1.29, 1.82) is 0 Å². The first-order chi connectivity index (χ1) is 10.5. The molecule has 1 rings (SSSR count). The highest BCUT2D eigenvalue weighted by Crippen LogP contribution is 2.14. The van der Waals surface area contributed by atoms with Gasteiger partial charge in [-0.05, 0) is 36.6 Å². The first-order valence-electron chi connectivity index (χ1n) is 8.45. The van der Waals surface area contributed by atoms with Crippen molar-refractivity contribution >= 4 is 11.7 Å². The van der Waals surface area contributed by atoms with Gasteiger partial charge in [0.05, 0.1) is 12.2 Å². The van der Waals surface area contributed by atoms with Crippen LogP contribution in [0.2, 0.25) is 0 Å².